The molecule has 0 amide bonds. The first-order chi connectivity index (χ1) is 15.0. The molecule has 0 aliphatic carbocycles. The highest BCUT2D eigenvalue weighted by molar-refractivity contribution is 7.98. The number of halogens is 1. The van der Waals surface area contributed by atoms with Gasteiger partial charge in [-0.3, -0.25) is 4.90 Å². The summed E-state index contributed by atoms with van der Waals surface area (Å²) >= 11 is 1.53. The van der Waals surface area contributed by atoms with E-state index >= 15 is 0 Å². The number of methoxy groups -OCH3 is 2. The first kappa shape index (κ1) is 22.8. The van der Waals surface area contributed by atoms with Crippen molar-refractivity contribution < 1.29 is 13.9 Å². The fourth-order valence-electron chi connectivity index (χ4n) is 3.30. The second-order valence-electron chi connectivity index (χ2n) is 7.04. The molecule has 31 heavy (non-hydrogen) atoms. The highest BCUT2D eigenvalue weighted by Crippen LogP contribution is 2.31. The standard InChI is InChI=1S/C23H27FN4O2S/c1-5-12-28-21(25-26-23(28)31-16-17-8-6-10-19(24)13-17)15-27(2)14-18-9-7-11-20(29-3)22(18)30-4/h5-11,13H,1,12,14-16H2,2-4H3. The Morgan fingerprint density at radius 3 is 2.65 bits per heavy atom. The van der Waals surface area contributed by atoms with E-state index in [2.05, 4.69) is 21.7 Å². The molecule has 0 aliphatic heterocycles. The molecule has 3 aromatic rings. The lowest BCUT2D eigenvalue weighted by molar-refractivity contribution is 0.293. The zero-order valence-electron chi connectivity index (χ0n) is 18.0. The molecule has 164 valence electrons. The molecule has 0 aliphatic rings. The number of hydrogen-bond acceptors (Lipinski definition) is 6. The summed E-state index contributed by atoms with van der Waals surface area (Å²) < 4.78 is 26.4. The Bertz CT molecular complexity index is 1020. The predicted molar refractivity (Wildman–Crippen MR) is 121 cm³/mol. The average Bonchev–Trinajstić information content (AvgIpc) is 3.13. The van der Waals surface area contributed by atoms with Crippen molar-refractivity contribution in [3.63, 3.8) is 0 Å². The minimum Gasteiger partial charge on any atom is -0.493 e. The lowest BCUT2D eigenvalue weighted by atomic mass is 10.1. The minimum atomic E-state index is -0.235. The third kappa shape index (κ3) is 5.86. The molecule has 0 saturated heterocycles. The van der Waals surface area contributed by atoms with E-state index in [1.807, 2.05) is 42.0 Å². The van der Waals surface area contributed by atoms with Crippen LogP contribution in [0.2, 0.25) is 0 Å². The molecule has 0 N–H and O–H groups in total. The fourth-order valence-corrected chi connectivity index (χ4v) is 4.21. The molecule has 0 atom stereocenters. The monoisotopic (exact) mass is 442 g/mol. The third-order valence-corrected chi connectivity index (χ3v) is 5.74. The summed E-state index contributed by atoms with van der Waals surface area (Å²) in [6.07, 6.45) is 1.82. The van der Waals surface area contributed by atoms with Gasteiger partial charge in [-0.25, -0.2) is 4.39 Å². The molecule has 0 fully saturated rings. The number of rotatable bonds is 11. The lowest BCUT2D eigenvalue weighted by Crippen LogP contribution is -2.20. The molecule has 0 spiro atoms. The van der Waals surface area contributed by atoms with Crippen LogP contribution in [0.4, 0.5) is 4.39 Å². The quantitative estimate of drug-likeness (QED) is 0.321. The van der Waals surface area contributed by atoms with Crippen LogP contribution >= 0.6 is 11.8 Å². The molecule has 0 unspecified atom stereocenters. The Hall–Kier alpha value is -2.84. The van der Waals surface area contributed by atoms with E-state index in [9.17, 15) is 4.39 Å². The summed E-state index contributed by atoms with van der Waals surface area (Å²) in [6.45, 7) is 5.72. The maximum Gasteiger partial charge on any atom is 0.191 e. The van der Waals surface area contributed by atoms with E-state index in [0.29, 0.717) is 31.1 Å². The Morgan fingerprint density at radius 2 is 1.94 bits per heavy atom. The van der Waals surface area contributed by atoms with Crippen molar-refractivity contribution in [3.8, 4) is 11.5 Å². The number of benzene rings is 2. The van der Waals surface area contributed by atoms with E-state index in [0.717, 1.165) is 27.9 Å². The van der Waals surface area contributed by atoms with Gasteiger partial charge in [-0.15, -0.1) is 16.8 Å². The maximum absolute atomic E-state index is 13.4. The molecule has 8 heteroatoms. The van der Waals surface area contributed by atoms with Gasteiger partial charge in [0.05, 0.1) is 20.8 Å². The summed E-state index contributed by atoms with van der Waals surface area (Å²) in [5.74, 6) is 2.66. The van der Waals surface area contributed by atoms with E-state index in [-0.39, 0.29) is 5.82 Å². The number of para-hydroxylation sites is 1. The van der Waals surface area contributed by atoms with Crippen LogP contribution in [0.25, 0.3) is 0 Å². The smallest absolute Gasteiger partial charge is 0.191 e. The Balaban J connectivity index is 1.72. The summed E-state index contributed by atoms with van der Waals surface area (Å²) in [5, 5.41) is 9.54. The van der Waals surface area contributed by atoms with Gasteiger partial charge in [0, 0.05) is 24.4 Å². The number of thioether (sulfide) groups is 1. The molecule has 0 saturated carbocycles. The number of hydrogen-bond donors (Lipinski definition) is 0. The van der Waals surface area contributed by atoms with Crippen LogP contribution in [0.15, 0.2) is 60.3 Å². The highest BCUT2D eigenvalue weighted by atomic mass is 32.2. The van der Waals surface area contributed by atoms with Gasteiger partial charge >= 0.3 is 0 Å². The van der Waals surface area contributed by atoms with Crippen molar-refractivity contribution in [2.45, 2.75) is 30.5 Å². The van der Waals surface area contributed by atoms with Crippen LogP contribution in [-0.4, -0.2) is 40.9 Å². The van der Waals surface area contributed by atoms with Crippen molar-refractivity contribution in [2.75, 3.05) is 21.3 Å². The first-order valence-electron chi connectivity index (χ1n) is 9.84. The zero-order valence-corrected chi connectivity index (χ0v) is 18.9. The predicted octanol–water partition coefficient (Wildman–Crippen LogP) is 4.54. The van der Waals surface area contributed by atoms with Gasteiger partial charge in [-0.1, -0.05) is 42.1 Å². The second kappa shape index (κ2) is 11.0. The molecule has 2 aromatic carbocycles. The second-order valence-corrected chi connectivity index (χ2v) is 7.98. The molecular formula is C23H27FN4O2S. The molecule has 6 nitrogen and oxygen atoms in total. The van der Waals surface area contributed by atoms with Crippen LogP contribution in [0.5, 0.6) is 11.5 Å². The average molecular weight is 443 g/mol. The topological polar surface area (TPSA) is 52.4 Å². The van der Waals surface area contributed by atoms with Crippen molar-refractivity contribution in [2.24, 2.45) is 0 Å². The van der Waals surface area contributed by atoms with Crippen LogP contribution in [0.1, 0.15) is 17.0 Å². The van der Waals surface area contributed by atoms with Gasteiger partial charge in [-0.2, -0.15) is 0 Å². The molecule has 0 radical (unpaired) electrons. The van der Waals surface area contributed by atoms with Crippen molar-refractivity contribution >= 4 is 11.8 Å². The third-order valence-electron chi connectivity index (χ3n) is 4.70. The zero-order chi connectivity index (χ0) is 22.2. The van der Waals surface area contributed by atoms with E-state index < -0.39 is 0 Å². The molecular weight excluding hydrogens is 415 g/mol. The number of allylic oxidation sites excluding steroid dienone is 1. The van der Waals surface area contributed by atoms with Gasteiger partial charge in [-0.05, 0) is 30.8 Å². The molecule has 1 heterocycles. The first-order valence-corrected chi connectivity index (χ1v) is 10.8. The summed E-state index contributed by atoms with van der Waals surface area (Å²) in [6, 6.07) is 12.5. The summed E-state index contributed by atoms with van der Waals surface area (Å²) in [5.41, 5.74) is 1.93. The van der Waals surface area contributed by atoms with Gasteiger partial charge in [0.25, 0.3) is 0 Å². The molecule has 1 aromatic heterocycles. The largest absolute Gasteiger partial charge is 0.493 e. The van der Waals surface area contributed by atoms with Crippen molar-refractivity contribution in [3.05, 3.63) is 77.9 Å². The number of nitrogens with zero attached hydrogens (tertiary/aromatic N) is 4. The summed E-state index contributed by atoms with van der Waals surface area (Å²) in [7, 11) is 5.29. The summed E-state index contributed by atoms with van der Waals surface area (Å²) in [4.78, 5) is 2.14. The van der Waals surface area contributed by atoms with Crippen LogP contribution in [0.3, 0.4) is 0 Å². The SMILES string of the molecule is C=CCn1c(CN(C)Cc2cccc(OC)c2OC)nnc1SCc1cccc(F)c1. The van der Waals surface area contributed by atoms with Gasteiger partial charge < -0.3 is 14.0 Å². The Labute approximate surface area is 186 Å². The Morgan fingerprint density at radius 1 is 1.13 bits per heavy atom. The van der Waals surface area contributed by atoms with Crippen LogP contribution in [0, 0.1) is 5.82 Å². The maximum atomic E-state index is 13.4. The Kier molecular flexibility index (Phi) is 8.08. The number of aromatic nitrogens is 3. The van der Waals surface area contributed by atoms with Crippen LogP contribution in [-0.2, 0) is 25.4 Å². The number of ether oxygens (including phenoxy) is 2. The highest BCUT2D eigenvalue weighted by Gasteiger charge is 2.16. The van der Waals surface area contributed by atoms with E-state index in [1.165, 1.54) is 23.9 Å². The van der Waals surface area contributed by atoms with E-state index in [1.54, 1.807) is 20.3 Å². The normalized spacial score (nSPS) is 11.0. The van der Waals surface area contributed by atoms with Gasteiger partial charge in [0.2, 0.25) is 0 Å². The minimum absolute atomic E-state index is 0.235. The molecule has 3 rings (SSSR count). The van der Waals surface area contributed by atoms with Crippen molar-refractivity contribution in [1.29, 1.82) is 0 Å². The van der Waals surface area contributed by atoms with Gasteiger partial charge in [0.1, 0.15) is 11.6 Å². The van der Waals surface area contributed by atoms with Crippen molar-refractivity contribution in [1.82, 2.24) is 19.7 Å². The van der Waals surface area contributed by atoms with Gasteiger partial charge in [0.15, 0.2) is 16.7 Å². The fraction of sp³-hybridized carbons (Fsp3) is 0.304. The van der Waals surface area contributed by atoms with E-state index in [4.69, 9.17) is 9.47 Å². The van der Waals surface area contributed by atoms with Crippen LogP contribution < -0.4 is 9.47 Å². The lowest BCUT2D eigenvalue weighted by Gasteiger charge is -2.19. The molecule has 0 bridgehead atoms.